The standard InChI is InChI=1S/C19H20FN2OS/c1-14-5-2-3-6-17(14)21-13-19(23,15-7-9-16(20)10-8-15)22-11-4-12-24-18(21)22/h2-3,5-10,23H,4,11-13H2,1H3/q+1/t19-/m0/s1. The van der Waals surface area contributed by atoms with Gasteiger partial charge in [0.15, 0.2) is 6.54 Å². The van der Waals surface area contributed by atoms with Crippen LogP contribution in [0.4, 0.5) is 10.1 Å². The Hall–Kier alpha value is -1.85. The minimum Gasteiger partial charge on any atom is -0.346 e. The van der Waals surface area contributed by atoms with E-state index in [1.165, 1.54) is 17.7 Å². The van der Waals surface area contributed by atoms with Gasteiger partial charge in [-0.2, -0.15) is 0 Å². The first-order valence-corrected chi connectivity index (χ1v) is 9.17. The molecule has 0 unspecified atom stereocenters. The Labute approximate surface area is 145 Å². The summed E-state index contributed by atoms with van der Waals surface area (Å²) >= 11 is 1.78. The molecule has 0 spiro atoms. The third-order valence-electron chi connectivity index (χ3n) is 4.76. The molecule has 3 nitrogen and oxygen atoms in total. The maximum Gasteiger partial charge on any atom is 0.316 e. The Bertz CT molecular complexity index is 805. The van der Waals surface area contributed by atoms with Crippen molar-refractivity contribution < 1.29 is 14.1 Å². The van der Waals surface area contributed by atoms with Gasteiger partial charge in [-0.25, -0.2) is 13.9 Å². The lowest BCUT2D eigenvalue weighted by molar-refractivity contribution is -0.656. The molecule has 2 aromatic carbocycles. The summed E-state index contributed by atoms with van der Waals surface area (Å²) in [5, 5.41) is 12.6. The molecule has 0 saturated heterocycles. The maximum atomic E-state index is 13.3. The predicted octanol–water partition coefficient (Wildman–Crippen LogP) is 3.30. The van der Waals surface area contributed by atoms with Crippen LogP contribution in [0.5, 0.6) is 0 Å². The van der Waals surface area contributed by atoms with E-state index in [2.05, 4.69) is 28.5 Å². The normalized spacial score (nSPS) is 23.5. The number of para-hydroxylation sites is 1. The van der Waals surface area contributed by atoms with Crippen molar-refractivity contribution >= 4 is 22.6 Å². The highest BCUT2D eigenvalue weighted by Crippen LogP contribution is 2.38. The van der Waals surface area contributed by atoms with Gasteiger partial charge in [0, 0.05) is 11.3 Å². The van der Waals surface area contributed by atoms with Gasteiger partial charge in [0.2, 0.25) is 0 Å². The lowest BCUT2D eigenvalue weighted by Gasteiger charge is -2.24. The molecule has 24 heavy (non-hydrogen) atoms. The Morgan fingerprint density at radius 2 is 1.92 bits per heavy atom. The van der Waals surface area contributed by atoms with Crippen molar-refractivity contribution in [2.75, 3.05) is 23.7 Å². The molecule has 1 N–H and O–H groups in total. The van der Waals surface area contributed by atoms with Crippen LogP contribution in [0.15, 0.2) is 48.5 Å². The molecule has 124 valence electrons. The van der Waals surface area contributed by atoms with E-state index in [0.29, 0.717) is 6.54 Å². The molecule has 2 heterocycles. The Morgan fingerprint density at radius 3 is 2.67 bits per heavy atom. The van der Waals surface area contributed by atoms with Crippen molar-refractivity contribution in [1.82, 2.24) is 0 Å². The highest BCUT2D eigenvalue weighted by atomic mass is 32.2. The number of aryl methyl sites for hydroxylation is 1. The highest BCUT2D eigenvalue weighted by molar-refractivity contribution is 8.13. The van der Waals surface area contributed by atoms with Gasteiger partial charge < -0.3 is 5.11 Å². The maximum absolute atomic E-state index is 13.3. The second-order valence-corrected chi connectivity index (χ2v) is 7.39. The third-order valence-corrected chi connectivity index (χ3v) is 5.95. The molecule has 4 rings (SSSR count). The molecule has 1 atom stereocenters. The van der Waals surface area contributed by atoms with Crippen LogP contribution in [0, 0.1) is 12.7 Å². The molecular formula is C19H20FN2OS+. The molecule has 2 aliphatic rings. The van der Waals surface area contributed by atoms with Gasteiger partial charge in [-0.3, -0.25) is 0 Å². The summed E-state index contributed by atoms with van der Waals surface area (Å²) in [7, 11) is 0. The number of amidine groups is 1. The summed E-state index contributed by atoms with van der Waals surface area (Å²) in [6.45, 7) is 3.34. The number of hydrogen-bond acceptors (Lipinski definition) is 3. The number of halogens is 1. The van der Waals surface area contributed by atoms with E-state index in [0.717, 1.165) is 35.1 Å². The number of β-amino-alcohol motifs (C(OH)–C–C–N with tert-alkyl or cyclic N) is 1. The average Bonchev–Trinajstić information content (AvgIpc) is 2.90. The smallest absolute Gasteiger partial charge is 0.316 e. The molecule has 0 aliphatic carbocycles. The van der Waals surface area contributed by atoms with Gasteiger partial charge in [0.25, 0.3) is 5.72 Å². The average molecular weight is 343 g/mol. The van der Waals surface area contributed by atoms with Crippen LogP contribution in [0.2, 0.25) is 0 Å². The molecule has 0 saturated carbocycles. The predicted molar refractivity (Wildman–Crippen MR) is 96.0 cm³/mol. The van der Waals surface area contributed by atoms with Gasteiger partial charge in [0.05, 0.1) is 6.54 Å². The SMILES string of the molecule is Cc1ccccc1N1C[C@](O)(c2ccc(F)cc2)[N+]2=C1SCCC2. The zero-order chi connectivity index (χ0) is 16.7. The number of anilines is 1. The summed E-state index contributed by atoms with van der Waals surface area (Å²) in [4.78, 5) is 2.20. The largest absolute Gasteiger partial charge is 0.346 e. The van der Waals surface area contributed by atoms with E-state index < -0.39 is 5.72 Å². The molecule has 0 bridgehead atoms. The summed E-state index contributed by atoms with van der Waals surface area (Å²) in [6, 6.07) is 14.4. The first-order chi connectivity index (χ1) is 11.6. The van der Waals surface area contributed by atoms with Crippen molar-refractivity contribution in [3.63, 3.8) is 0 Å². The van der Waals surface area contributed by atoms with E-state index in [1.54, 1.807) is 23.9 Å². The van der Waals surface area contributed by atoms with E-state index in [4.69, 9.17) is 0 Å². The van der Waals surface area contributed by atoms with Crippen LogP contribution in [-0.2, 0) is 5.72 Å². The Kier molecular flexibility index (Phi) is 3.85. The van der Waals surface area contributed by atoms with Crippen LogP contribution in [0.3, 0.4) is 0 Å². The van der Waals surface area contributed by atoms with Gasteiger partial charge in [0.1, 0.15) is 11.5 Å². The molecule has 2 aromatic rings. The second-order valence-electron chi connectivity index (χ2n) is 6.33. The number of aliphatic hydroxyl groups is 1. The molecular weight excluding hydrogens is 323 g/mol. The van der Waals surface area contributed by atoms with Crippen molar-refractivity contribution in [3.05, 3.63) is 65.5 Å². The lowest BCUT2D eigenvalue weighted by atomic mass is 10.0. The van der Waals surface area contributed by atoms with E-state index in [-0.39, 0.29) is 5.82 Å². The van der Waals surface area contributed by atoms with Crippen LogP contribution in [0.1, 0.15) is 17.5 Å². The highest BCUT2D eigenvalue weighted by Gasteiger charge is 2.53. The molecule has 0 aromatic heterocycles. The summed E-state index contributed by atoms with van der Waals surface area (Å²) in [6.07, 6.45) is 1.03. The fourth-order valence-corrected chi connectivity index (χ4v) is 4.69. The Morgan fingerprint density at radius 1 is 1.17 bits per heavy atom. The Balaban J connectivity index is 1.82. The minimum absolute atomic E-state index is 0.284. The van der Waals surface area contributed by atoms with Gasteiger partial charge in [-0.1, -0.05) is 18.2 Å². The minimum atomic E-state index is -1.13. The number of rotatable bonds is 2. The molecule has 0 fully saturated rings. The summed E-state index contributed by atoms with van der Waals surface area (Å²) in [5.41, 5.74) is 1.91. The van der Waals surface area contributed by atoms with Crippen LogP contribution >= 0.6 is 11.8 Å². The lowest BCUT2D eigenvalue weighted by Crippen LogP contribution is -2.41. The monoisotopic (exact) mass is 343 g/mol. The fourth-order valence-electron chi connectivity index (χ4n) is 3.52. The van der Waals surface area contributed by atoms with E-state index in [9.17, 15) is 9.50 Å². The van der Waals surface area contributed by atoms with Crippen LogP contribution in [-0.4, -0.2) is 33.7 Å². The number of nitrogens with zero attached hydrogens (tertiary/aromatic N) is 2. The topological polar surface area (TPSA) is 26.5 Å². The quantitative estimate of drug-likeness (QED) is 0.848. The van der Waals surface area contributed by atoms with Crippen molar-refractivity contribution in [1.29, 1.82) is 0 Å². The molecule has 0 amide bonds. The fraction of sp³-hybridized carbons (Fsp3) is 0.316. The zero-order valence-electron chi connectivity index (χ0n) is 13.6. The van der Waals surface area contributed by atoms with Crippen molar-refractivity contribution in [3.8, 4) is 0 Å². The summed E-state index contributed by atoms with van der Waals surface area (Å²) < 4.78 is 15.4. The second kappa shape index (κ2) is 5.90. The van der Waals surface area contributed by atoms with Crippen molar-refractivity contribution in [2.45, 2.75) is 19.1 Å². The molecule has 5 heteroatoms. The first-order valence-electron chi connectivity index (χ1n) is 8.18. The number of thioether (sulfide) groups is 1. The third kappa shape index (κ3) is 2.43. The first kappa shape index (κ1) is 15.7. The van der Waals surface area contributed by atoms with Gasteiger partial charge in [-0.15, -0.1) is 0 Å². The van der Waals surface area contributed by atoms with Crippen LogP contribution < -0.4 is 4.90 Å². The summed E-state index contributed by atoms with van der Waals surface area (Å²) in [5.74, 6) is 0.765. The van der Waals surface area contributed by atoms with E-state index >= 15 is 0 Å². The zero-order valence-corrected chi connectivity index (χ0v) is 14.4. The number of hydrogen-bond donors (Lipinski definition) is 1. The molecule has 0 radical (unpaired) electrons. The molecule has 2 aliphatic heterocycles. The van der Waals surface area contributed by atoms with Crippen molar-refractivity contribution in [2.24, 2.45) is 0 Å². The van der Waals surface area contributed by atoms with Crippen LogP contribution in [0.25, 0.3) is 0 Å². The van der Waals surface area contributed by atoms with E-state index in [1.807, 2.05) is 12.1 Å². The van der Waals surface area contributed by atoms with Gasteiger partial charge >= 0.3 is 5.17 Å². The number of benzene rings is 2. The van der Waals surface area contributed by atoms with Gasteiger partial charge in [-0.05, 0) is 61.0 Å².